The molecule has 6 nitrogen and oxygen atoms in total. The van der Waals surface area contributed by atoms with Crippen molar-refractivity contribution in [2.75, 3.05) is 47.4 Å². The molecule has 0 aliphatic heterocycles. The highest BCUT2D eigenvalue weighted by Crippen LogP contribution is 2.62. The van der Waals surface area contributed by atoms with Gasteiger partial charge in [-0.2, -0.15) is 114 Å². The number of carbonyl (C=O) groups is 2. The summed E-state index contributed by atoms with van der Waals surface area (Å²) in [7, 11) is 4.63. The smallest absolute Gasteiger partial charge is 0.460 e. The van der Waals surface area contributed by atoms with E-state index in [-0.39, 0.29) is 17.4 Å². The number of ether oxygens (including phenoxy) is 2. The summed E-state index contributed by atoms with van der Waals surface area (Å²) in [4.78, 5) is 24.5. The van der Waals surface area contributed by atoms with Crippen LogP contribution in [0.5, 0.6) is 0 Å². The van der Waals surface area contributed by atoms with Crippen LogP contribution in [0.4, 0.5) is 114 Å². The zero-order chi connectivity index (χ0) is 47.0. The van der Waals surface area contributed by atoms with Gasteiger partial charge in [0.2, 0.25) is 0 Å². The van der Waals surface area contributed by atoms with E-state index in [1.54, 1.807) is 21.1 Å². The first kappa shape index (κ1) is 55.0. The molecule has 0 aliphatic carbocycles. The second kappa shape index (κ2) is 16.8. The van der Waals surface area contributed by atoms with E-state index in [4.69, 9.17) is 0 Å². The summed E-state index contributed by atoms with van der Waals surface area (Å²) in [6.45, 7) is -5.09. The predicted octanol–water partition coefficient (Wildman–Crippen LogP) is 8.78. The first-order valence-corrected chi connectivity index (χ1v) is 14.9. The summed E-state index contributed by atoms with van der Waals surface area (Å²) >= 11 is 0. The highest BCUT2D eigenvalue weighted by Gasteiger charge is 2.92. The quantitative estimate of drug-likeness (QED) is 0.0510. The molecule has 58 heavy (non-hydrogen) atoms. The summed E-state index contributed by atoms with van der Waals surface area (Å²) in [6, 6.07) is -2.43. The van der Waals surface area contributed by atoms with Gasteiger partial charge in [-0.15, -0.1) is 0 Å². The van der Waals surface area contributed by atoms with Crippen molar-refractivity contribution in [2.24, 2.45) is 0 Å². The molecule has 0 saturated heterocycles. The fourth-order valence-corrected chi connectivity index (χ4v) is 3.89. The normalized spacial score (nSPS) is 16.0. The van der Waals surface area contributed by atoms with E-state index in [9.17, 15) is 124 Å². The number of nitrogens with one attached hydrogen (secondary N) is 1. The van der Waals surface area contributed by atoms with Crippen molar-refractivity contribution >= 4 is 11.9 Å². The number of alkyl halides is 26. The van der Waals surface area contributed by atoms with Crippen LogP contribution in [-0.2, 0) is 19.1 Å². The monoisotopic (exact) mass is 925 g/mol. The number of hydrogen-bond donors (Lipinski definition) is 1. The molecule has 0 aromatic heterocycles. The second-order valence-corrected chi connectivity index (χ2v) is 13.0. The molecular formula is C26H27F26N2O4+. The average molecular weight is 925 g/mol. The van der Waals surface area contributed by atoms with Crippen molar-refractivity contribution in [1.82, 2.24) is 5.32 Å². The van der Waals surface area contributed by atoms with Crippen molar-refractivity contribution in [3.8, 4) is 0 Å². The third-order valence-electron chi connectivity index (χ3n) is 7.39. The van der Waals surface area contributed by atoms with Crippen molar-refractivity contribution in [1.29, 1.82) is 0 Å². The molecule has 0 heterocycles. The fourth-order valence-electron chi connectivity index (χ4n) is 3.89. The van der Waals surface area contributed by atoms with Gasteiger partial charge in [-0.25, -0.2) is 0 Å². The van der Waals surface area contributed by atoms with Gasteiger partial charge < -0.3 is 19.3 Å². The van der Waals surface area contributed by atoms with Crippen molar-refractivity contribution < 1.29 is 138 Å². The van der Waals surface area contributed by atoms with Gasteiger partial charge in [-0.05, 0) is 0 Å². The molecule has 0 saturated carbocycles. The Hall–Kier alpha value is -2.96. The fraction of sp³-hybridized carbons (Fsp3) is 0.923. The van der Waals surface area contributed by atoms with Gasteiger partial charge in [0.1, 0.15) is 6.04 Å². The van der Waals surface area contributed by atoms with Gasteiger partial charge in [0, 0.05) is 13.0 Å². The number of carbonyl (C=O) groups excluding carboxylic acids is 2. The molecule has 0 bridgehead atoms. The van der Waals surface area contributed by atoms with Crippen molar-refractivity contribution in [2.45, 2.75) is 103 Å². The van der Waals surface area contributed by atoms with Gasteiger partial charge in [0.15, 0.2) is 0 Å². The van der Waals surface area contributed by atoms with Crippen LogP contribution in [0.3, 0.4) is 0 Å². The maximum absolute atomic E-state index is 14.0. The molecule has 32 heteroatoms. The van der Waals surface area contributed by atoms with Crippen LogP contribution in [0.25, 0.3) is 0 Å². The summed E-state index contributed by atoms with van der Waals surface area (Å²) in [5, 5.41) is 2.03. The maximum atomic E-state index is 14.0. The van der Waals surface area contributed by atoms with Crippen LogP contribution in [0.2, 0.25) is 0 Å². The summed E-state index contributed by atoms with van der Waals surface area (Å²) < 4.78 is 353. The molecule has 0 rings (SSSR count). The molecule has 1 atom stereocenters. The molecule has 346 valence electrons. The highest BCUT2D eigenvalue weighted by atomic mass is 19.4. The predicted molar refractivity (Wildman–Crippen MR) is 137 cm³/mol. The third kappa shape index (κ3) is 10.5. The van der Waals surface area contributed by atoms with E-state index in [1.165, 1.54) is 0 Å². The Morgan fingerprint density at radius 3 is 1.10 bits per heavy atom. The Labute approximate surface area is 306 Å². The Balaban J connectivity index is 6.09. The van der Waals surface area contributed by atoms with E-state index < -0.39 is 129 Å². The lowest BCUT2D eigenvalue weighted by atomic mass is 9.93. The van der Waals surface area contributed by atoms with Crippen LogP contribution in [0.1, 0.15) is 25.7 Å². The standard InChI is InChI=1S/C26H27F26N2O4/c1-54(2,3)8-4-7-53-12(14(56)58-10-6-16(29,30)18(33,34)20(37,38)22(41,42)24(45,46)26(50,51)52)11-13(55)57-9-5-15(27,28)17(31,32)19(35,36)21(39,40)23(43,44)25(47,48)49/h12,53H,4-11H2,1-3H3/q+1. The van der Waals surface area contributed by atoms with E-state index >= 15 is 0 Å². The number of quaternary nitrogens is 1. The molecule has 1 N–H and O–H groups in total. The van der Waals surface area contributed by atoms with Gasteiger partial charge >= 0.3 is 83.5 Å². The van der Waals surface area contributed by atoms with Crippen LogP contribution >= 0.6 is 0 Å². The van der Waals surface area contributed by atoms with E-state index in [0.717, 1.165) is 0 Å². The van der Waals surface area contributed by atoms with Gasteiger partial charge in [0.25, 0.3) is 0 Å². The lowest BCUT2D eigenvalue weighted by Crippen LogP contribution is -2.70. The minimum absolute atomic E-state index is 0.0774. The molecule has 0 radical (unpaired) electrons. The zero-order valence-corrected chi connectivity index (χ0v) is 28.6. The first-order valence-electron chi connectivity index (χ1n) is 14.9. The van der Waals surface area contributed by atoms with Gasteiger partial charge in [-0.1, -0.05) is 0 Å². The molecule has 0 spiro atoms. The maximum Gasteiger partial charge on any atom is 0.460 e. The van der Waals surface area contributed by atoms with Gasteiger partial charge in [0.05, 0.1) is 60.2 Å². The van der Waals surface area contributed by atoms with Crippen LogP contribution in [0.15, 0.2) is 0 Å². The van der Waals surface area contributed by atoms with Crippen molar-refractivity contribution in [3.05, 3.63) is 0 Å². The average Bonchev–Trinajstić information content (AvgIpc) is 2.99. The highest BCUT2D eigenvalue weighted by molar-refractivity contribution is 5.82. The SMILES string of the molecule is C[N+](C)(C)CCCNC(CC(=O)OCCC(F)(F)C(F)(F)C(F)(F)C(F)(F)C(F)(F)C(F)(F)F)C(=O)OCCC(F)(F)C(F)(F)C(F)(F)C(F)(F)C(F)(F)C(F)(F)F. The van der Waals surface area contributed by atoms with E-state index in [0.29, 0.717) is 0 Å². The summed E-state index contributed by atoms with van der Waals surface area (Å²) in [5.41, 5.74) is 0. The van der Waals surface area contributed by atoms with Crippen LogP contribution < -0.4 is 5.32 Å². The number of rotatable bonds is 22. The van der Waals surface area contributed by atoms with Crippen LogP contribution in [-0.4, -0.2) is 141 Å². The van der Waals surface area contributed by atoms with Crippen LogP contribution in [0, 0.1) is 0 Å². The first-order chi connectivity index (χ1) is 25.1. The molecular weight excluding hydrogens is 898 g/mol. The van der Waals surface area contributed by atoms with Gasteiger partial charge in [-0.3, -0.25) is 9.59 Å². The Morgan fingerprint density at radius 1 is 0.483 bits per heavy atom. The minimum Gasteiger partial charge on any atom is -0.465 e. The Bertz CT molecular complexity index is 1400. The second-order valence-electron chi connectivity index (χ2n) is 13.0. The number of halogens is 26. The molecule has 0 aromatic carbocycles. The Morgan fingerprint density at radius 2 is 0.793 bits per heavy atom. The number of hydrogen-bond acceptors (Lipinski definition) is 5. The lowest BCUT2D eigenvalue weighted by Gasteiger charge is -2.39. The molecule has 0 amide bonds. The molecule has 0 aromatic rings. The molecule has 0 aliphatic rings. The Kier molecular flexibility index (Phi) is 16.0. The third-order valence-corrected chi connectivity index (χ3v) is 7.39. The number of nitrogens with zero attached hydrogens (tertiary/aromatic N) is 1. The molecule has 0 fully saturated rings. The minimum atomic E-state index is -8.27. The summed E-state index contributed by atoms with van der Waals surface area (Å²) in [6.07, 6.45) is -23.4. The topological polar surface area (TPSA) is 64.6 Å². The van der Waals surface area contributed by atoms with Crippen molar-refractivity contribution in [3.63, 3.8) is 0 Å². The lowest BCUT2D eigenvalue weighted by molar-refractivity contribution is -0.870. The number of esters is 2. The largest absolute Gasteiger partial charge is 0.465 e. The zero-order valence-electron chi connectivity index (χ0n) is 28.6. The summed E-state index contributed by atoms with van der Waals surface area (Å²) in [5.74, 6) is -82.5. The van der Waals surface area contributed by atoms with E-state index in [2.05, 4.69) is 9.47 Å². The molecule has 1 unspecified atom stereocenters. The van der Waals surface area contributed by atoms with E-state index in [1.807, 2.05) is 5.32 Å².